The number of hydrogen-bond donors (Lipinski definition) is 1. The number of nitrogens with one attached hydrogen (secondary N) is 1. The van der Waals surface area contributed by atoms with Gasteiger partial charge in [0.2, 0.25) is 0 Å². The topological polar surface area (TPSA) is 45.0 Å². The van der Waals surface area contributed by atoms with Gasteiger partial charge in [0.1, 0.15) is 5.75 Å². The molecule has 0 aliphatic heterocycles. The molecule has 2 aromatic rings. The number of nitrogens with zero attached hydrogens (tertiary/aromatic N) is 1. The molecule has 1 N–H and O–H groups in total. The zero-order valence-corrected chi connectivity index (χ0v) is 11.5. The molecule has 0 aliphatic carbocycles. The van der Waals surface area contributed by atoms with Crippen molar-refractivity contribution < 1.29 is 4.74 Å². The predicted octanol–water partition coefficient (Wildman–Crippen LogP) is 4.27. The highest BCUT2D eigenvalue weighted by Crippen LogP contribution is 2.30. The maximum Gasteiger partial charge on any atom is 0.142 e. The Balaban J connectivity index is 2.33. The Labute approximate surface area is 117 Å². The van der Waals surface area contributed by atoms with Crippen LogP contribution in [0.4, 0.5) is 11.4 Å². The first-order valence-corrected chi connectivity index (χ1v) is 6.13. The van der Waals surface area contributed by atoms with Gasteiger partial charge in [0.05, 0.1) is 24.4 Å². The predicted molar refractivity (Wildman–Crippen MR) is 77.2 cm³/mol. The Kier molecular flexibility index (Phi) is 3.94. The molecule has 3 nitrogen and oxygen atoms in total. The Bertz CT molecular complexity index is 647. The van der Waals surface area contributed by atoms with E-state index in [1.807, 2.05) is 19.1 Å². The monoisotopic (exact) mass is 272 g/mol. The van der Waals surface area contributed by atoms with Gasteiger partial charge < -0.3 is 10.1 Å². The van der Waals surface area contributed by atoms with Crippen molar-refractivity contribution in [2.24, 2.45) is 0 Å². The second kappa shape index (κ2) is 5.64. The van der Waals surface area contributed by atoms with Crippen LogP contribution in [0.5, 0.6) is 5.75 Å². The van der Waals surface area contributed by atoms with E-state index in [2.05, 4.69) is 11.4 Å². The van der Waals surface area contributed by atoms with Gasteiger partial charge in [-0.25, -0.2) is 0 Å². The summed E-state index contributed by atoms with van der Waals surface area (Å²) in [4.78, 5) is 0. The third-order valence-electron chi connectivity index (χ3n) is 2.79. The molecule has 0 unspecified atom stereocenters. The van der Waals surface area contributed by atoms with E-state index in [-0.39, 0.29) is 0 Å². The van der Waals surface area contributed by atoms with Crippen molar-refractivity contribution >= 4 is 23.0 Å². The van der Waals surface area contributed by atoms with E-state index in [9.17, 15) is 0 Å². The molecule has 96 valence electrons. The lowest BCUT2D eigenvalue weighted by atomic mass is 10.1. The maximum absolute atomic E-state index is 8.91. The van der Waals surface area contributed by atoms with Crippen molar-refractivity contribution in [2.75, 3.05) is 12.4 Å². The molecule has 2 aromatic carbocycles. The largest absolute Gasteiger partial charge is 0.495 e. The van der Waals surface area contributed by atoms with Crippen LogP contribution in [0.2, 0.25) is 5.02 Å². The first kappa shape index (κ1) is 13.3. The third-order valence-corrected chi connectivity index (χ3v) is 3.02. The number of ether oxygens (including phenoxy) is 1. The molecule has 4 heteroatoms. The van der Waals surface area contributed by atoms with E-state index in [0.717, 1.165) is 16.9 Å². The van der Waals surface area contributed by atoms with Crippen molar-refractivity contribution in [1.82, 2.24) is 0 Å². The Morgan fingerprint density at radius 3 is 2.63 bits per heavy atom. The lowest BCUT2D eigenvalue weighted by molar-refractivity contribution is 0.417. The van der Waals surface area contributed by atoms with Crippen molar-refractivity contribution in [3.05, 3.63) is 52.5 Å². The van der Waals surface area contributed by atoms with E-state index in [1.165, 1.54) is 0 Å². The molecule has 0 saturated heterocycles. The molecule has 0 radical (unpaired) electrons. The van der Waals surface area contributed by atoms with Crippen LogP contribution < -0.4 is 10.1 Å². The van der Waals surface area contributed by atoms with Gasteiger partial charge in [0, 0.05) is 10.7 Å². The highest BCUT2D eigenvalue weighted by atomic mass is 35.5. The first-order valence-electron chi connectivity index (χ1n) is 5.75. The van der Waals surface area contributed by atoms with Gasteiger partial charge in [-0.05, 0) is 48.9 Å². The van der Waals surface area contributed by atoms with Crippen molar-refractivity contribution in [2.45, 2.75) is 6.92 Å². The summed E-state index contributed by atoms with van der Waals surface area (Å²) in [5.74, 6) is 0.714. The number of rotatable bonds is 3. The average molecular weight is 273 g/mol. The lowest BCUT2D eigenvalue weighted by Gasteiger charge is -2.12. The highest BCUT2D eigenvalue weighted by Gasteiger charge is 2.05. The highest BCUT2D eigenvalue weighted by molar-refractivity contribution is 6.31. The summed E-state index contributed by atoms with van der Waals surface area (Å²) < 4.78 is 5.27. The van der Waals surface area contributed by atoms with Crippen LogP contribution in [0, 0.1) is 18.3 Å². The number of aryl methyl sites for hydroxylation is 1. The lowest BCUT2D eigenvalue weighted by Crippen LogP contribution is -1.95. The molecule has 0 aliphatic rings. The van der Waals surface area contributed by atoms with Gasteiger partial charge in [-0.2, -0.15) is 5.26 Å². The molecular weight excluding hydrogens is 260 g/mol. The molecule has 0 atom stereocenters. The molecule has 0 spiro atoms. The number of methoxy groups -OCH3 is 1. The number of anilines is 2. The van der Waals surface area contributed by atoms with Gasteiger partial charge in [0.25, 0.3) is 0 Å². The van der Waals surface area contributed by atoms with E-state index >= 15 is 0 Å². The minimum Gasteiger partial charge on any atom is -0.495 e. The van der Waals surface area contributed by atoms with E-state index in [1.54, 1.807) is 31.4 Å². The standard InChI is InChI=1S/C15H13ClN2O/c1-10-7-13(5-3-11(10)9-17)18-14-8-12(16)4-6-15(14)19-2/h3-8,18H,1-2H3. The second-order valence-corrected chi connectivity index (χ2v) is 4.55. The van der Waals surface area contributed by atoms with E-state index < -0.39 is 0 Å². The van der Waals surface area contributed by atoms with Crippen molar-refractivity contribution in [3.63, 3.8) is 0 Å². The van der Waals surface area contributed by atoms with Crippen LogP contribution in [-0.2, 0) is 0 Å². The third kappa shape index (κ3) is 2.98. The molecule has 2 rings (SSSR count). The summed E-state index contributed by atoms with van der Waals surface area (Å²) in [5, 5.41) is 12.8. The molecule has 0 bridgehead atoms. The SMILES string of the molecule is COc1ccc(Cl)cc1Nc1ccc(C#N)c(C)c1. The molecule has 0 amide bonds. The quantitative estimate of drug-likeness (QED) is 0.907. The number of nitriles is 1. The first-order chi connectivity index (χ1) is 9.13. The summed E-state index contributed by atoms with van der Waals surface area (Å²) in [7, 11) is 1.61. The number of benzene rings is 2. The number of halogens is 1. The smallest absolute Gasteiger partial charge is 0.142 e. The fraction of sp³-hybridized carbons (Fsp3) is 0.133. The molecule has 0 heterocycles. The molecular formula is C15H13ClN2O. The van der Waals surface area contributed by atoms with Gasteiger partial charge >= 0.3 is 0 Å². The Morgan fingerprint density at radius 1 is 1.21 bits per heavy atom. The summed E-state index contributed by atoms with van der Waals surface area (Å²) in [6, 6.07) is 13.1. The average Bonchev–Trinajstić information content (AvgIpc) is 2.39. The zero-order chi connectivity index (χ0) is 13.8. The molecule has 0 aromatic heterocycles. The summed E-state index contributed by atoms with van der Waals surface area (Å²) >= 11 is 5.98. The second-order valence-electron chi connectivity index (χ2n) is 4.11. The summed E-state index contributed by atoms with van der Waals surface area (Å²) in [5.41, 5.74) is 3.27. The molecule has 0 fully saturated rings. The van der Waals surface area contributed by atoms with Crippen molar-refractivity contribution in [3.8, 4) is 11.8 Å². The fourth-order valence-electron chi connectivity index (χ4n) is 1.80. The van der Waals surface area contributed by atoms with Crippen molar-refractivity contribution in [1.29, 1.82) is 5.26 Å². The summed E-state index contributed by atoms with van der Waals surface area (Å²) in [6.45, 7) is 1.90. The van der Waals surface area contributed by atoms with Crippen LogP contribution >= 0.6 is 11.6 Å². The van der Waals surface area contributed by atoms with Gasteiger partial charge in [-0.15, -0.1) is 0 Å². The number of hydrogen-bond acceptors (Lipinski definition) is 3. The van der Waals surface area contributed by atoms with Crippen LogP contribution in [0.3, 0.4) is 0 Å². The zero-order valence-electron chi connectivity index (χ0n) is 10.7. The minimum absolute atomic E-state index is 0.633. The Morgan fingerprint density at radius 2 is 2.00 bits per heavy atom. The Hall–Kier alpha value is -2.18. The van der Waals surface area contributed by atoms with E-state index in [4.69, 9.17) is 21.6 Å². The van der Waals surface area contributed by atoms with Gasteiger partial charge in [-0.1, -0.05) is 11.6 Å². The van der Waals surface area contributed by atoms with E-state index in [0.29, 0.717) is 16.3 Å². The normalized spacial score (nSPS) is 9.79. The van der Waals surface area contributed by atoms with Gasteiger partial charge in [0.15, 0.2) is 0 Å². The summed E-state index contributed by atoms with van der Waals surface area (Å²) in [6.07, 6.45) is 0. The fourth-order valence-corrected chi connectivity index (χ4v) is 1.97. The van der Waals surface area contributed by atoms with Crippen LogP contribution in [-0.4, -0.2) is 7.11 Å². The van der Waals surface area contributed by atoms with Crippen LogP contribution in [0.25, 0.3) is 0 Å². The maximum atomic E-state index is 8.91. The molecule has 0 saturated carbocycles. The van der Waals surface area contributed by atoms with Crippen LogP contribution in [0.15, 0.2) is 36.4 Å². The minimum atomic E-state index is 0.633. The molecule has 19 heavy (non-hydrogen) atoms. The van der Waals surface area contributed by atoms with Crippen LogP contribution in [0.1, 0.15) is 11.1 Å². The van der Waals surface area contributed by atoms with Gasteiger partial charge in [-0.3, -0.25) is 0 Å².